The number of carbonyl (C=O) groups excluding carboxylic acids is 1. The highest BCUT2D eigenvalue weighted by Crippen LogP contribution is 2.67. The van der Waals surface area contributed by atoms with E-state index in [4.69, 9.17) is 4.74 Å². The molecule has 0 radical (unpaired) electrons. The first kappa shape index (κ1) is 25.2. The van der Waals surface area contributed by atoms with E-state index in [9.17, 15) is 15.0 Å². The minimum absolute atomic E-state index is 0.0384. The first-order valence-corrected chi connectivity index (χ1v) is 13.6. The van der Waals surface area contributed by atoms with Crippen molar-refractivity contribution in [3.05, 3.63) is 11.6 Å². The first-order chi connectivity index (χ1) is 15.4. The van der Waals surface area contributed by atoms with Crippen LogP contribution in [-0.2, 0) is 9.53 Å². The number of hydrogen-bond donors (Lipinski definition) is 2. The Hall–Kier alpha value is -0.870. The van der Waals surface area contributed by atoms with Crippen LogP contribution in [0.15, 0.2) is 11.6 Å². The molecule has 0 amide bonds. The zero-order valence-corrected chi connectivity index (χ0v) is 21.9. The van der Waals surface area contributed by atoms with Crippen LogP contribution in [0.2, 0.25) is 0 Å². The van der Waals surface area contributed by atoms with Crippen molar-refractivity contribution >= 4 is 5.97 Å². The van der Waals surface area contributed by atoms with Gasteiger partial charge in [-0.25, -0.2) is 0 Å². The van der Waals surface area contributed by atoms with Gasteiger partial charge in [-0.2, -0.15) is 0 Å². The summed E-state index contributed by atoms with van der Waals surface area (Å²) in [6, 6.07) is 0. The van der Waals surface area contributed by atoms with E-state index in [-0.39, 0.29) is 17.5 Å². The third kappa shape index (κ3) is 4.56. The topological polar surface area (TPSA) is 66.8 Å². The number of carbonyl (C=O) groups is 1. The molecule has 33 heavy (non-hydrogen) atoms. The van der Waals surface area contributed by atoms with Gasteiger partial charge < -0.3 is 14.9 Å². The van der Waals surface area contributed by atoms with Gasteiger partial charge in [0.25, 0.3) is 0 Å². The summed E-state index contributed by atoms with van der Waals surface area (Å²) in [6.07, 6.45) is 12.6. The van der Waals surface area contributed by atoms with Crippen LogP contribution in [0, 0.1) is 40.4 Å². The van der Waals surface area contributed by atoms with Crippen molar-refractivity contribution in [2.45, 2.75) is 124 Å². The highest BCUT2D eigenvalue weighted by atomic mass is 16.6. The van der Waals surface area contributed by atoms with Crippen molar-refractivity contribution in [2.75, 3.05) is 0 Å². The Morgan fingerprint density at radius 3 is 2.58 bits per heavy atom. The highest BCUT2D eigenvalue weighted by molar-refractivity contribution is 5.66. The van der Waals surface area contributed by atoms with Gasteiger partial charge in [0.1, 0.15) is 12.2 Å². The predicted octanol–water partition coefficient (Wildman–Crippen LogP) is 6.05. The molecule has 0 saturated heterocycles. The lowest BCUT2D eigenvalue weighted by Gasteiger charge is -2.59. The number of ether oxygens (including phenoxy) is 1. The van der Waals surface area contributed by atoms with E-state index in [1.165, 1.54) is 39.0 Å². The highest BCUT2D eigenvalue weighted by Gasteiger charge is 2.60. The summed E-state index contributed by atoms with van der Waals surface area (Å²) in [6.45, 7) is 12.7. The van der Waals surface area contributed by atoms with Crippen molar-refractivity contribution in [3.63, 3.8) is 0 Å². The number of esters is 1. The normalized spacial score (nSPS) is 43.7. The van der Waals surface area contributed by atoms with Crippen LogP contribution < -0.4 is 0 Å². The summed E-state index contributed by atoms with van der Waals surface area (Å²) in [5.74, 6) is 3.32. The molecule has 4 heteroatoms. The fraction of sp³-hybridized carbons (Fsp3) is 0.897. The molecule has 4 rings (SSSR count). The Morgan fingerprint density at radius 1 is 1.18 bits per heavy atom. The molecule has 2 N–H and O–H groups in total. The van der Waals surface area contributed by atoms with Gasteiger partial charge in [-0.05, 0) is 111 Å². The van der Waals surface area contributed by atoms with Gasteiger partial charge in [0.05, 0.1) is 5.60 Å². The van der Waals surface area contributed by atoms with Crippen molar-refractivity contribution < 1.29 is 19.7 Å². The lowest BCUT2D eigenvalue weighted by atomic mass is 9.46. The smallest absolute Gasteiger partial charge is 0.303 e. The Labute approximate surface area is 201 Å². The van der Waals surface area contributed by atoms with Gasteiger partial charge >= 0.3 is 5.97 Å². The maximum atomic E-state index is 11.5. The van der Waals surface area contributed by atoms with Gasteiger partial charge in [-0.15, -0.1) is 0 Å². The third-order valence-corrected chi connectivity index (χ3v) is 10.7. The van der Waals surface area contributed by atoms with Gasteiger partial charge in [-0.1, -0.05) is 39.7 Å². The molecule has 4 nitrogen and oxygen atoms in total. The number of aliphatic hydroxyl groups excluding tert-OH is 1. The fourth-order valence-corrected chi connectivity index (χ4v) is 9.08. The summed E-state index contributed by atoms with van der Waals surface area (Å²) in [7, 11) is 0. The van der Waals surface area contributed by atoms with E-state index >= 15 is 0 Å². The van der Waals surface area contributed by atoms with E-state index in [2.05, 4.69) is 26.8 Å². The number of hydrogen-bond acceptors (Lipinski definition) is 4. The zero-order valence-electron chi connectivity index (χ0n) is 21.9. The van der Waals surface area contributed by atoms with Crippen LogP contribution in [0.3, 0.4) is 0 Å². The van der Waals surface area contributed by atoms with Gasteiger partial charge in [-0.3, -0.25) is 4.79 Å². The number of rotatable bonds is 6. The van der Waals surface area contributed by atoms with Crippen LogP contribution in [0.25, 0.3) is 0 Å². The monoisotopic (exact) mass is 460 g/mol. The number of allylic oxidation sites excluding steroid dienone is 1. The molecule has 0 bridgehead atoms. The van der Waals surface area contributed by atoms with Gasteiger partial charge in [0.15, 0.2) is 0 Å². The zero-order chi connectivity index (χ0) is 24.2. The van der Waals surface area contributed by atoms with Crippen molar-refractivity contribution in [2.24, 2.45) is 40.4 Å². The molecule has 0 spiro atoms. The average molecular weight is 461 g/mol. The minimum Gasteiger partial charge on any atom is -0.459 e. The molecule has 188 valence electrons. The van der Waals surface area contributed by atoms with Gasteiger partial charge in [0.2, 0.25) is 0 Å². The van der Waals surface area contributed by atoms with E-state index < -0.39 is 11.7 Å². The molecule has 0 heterocycles. The van der Waals surface area contributed by atoms with E-state index in [0.717, 1.165) is 49.5 Å². The molecule has 9 atom stereocenters. The largest absolute Gasteiger partial charge is 0.459 e. The van der Waals surface area contributed by atoms with Crippen molar-refractivity contribution in [1.82, 2.24) is 0 Å². The molecular weight excluding hydrogens is 412 g/mol. The molecular formula is C29H48O4. The van der Waals surface area contributed by atoms with Crippen molar-refractivity contribution in [1.29, 1.82) is 0 Å². The summed E-state index contributed by atoms with van der Waals surface area (Å²) in [4.78, 5) is 11.5. The molecule has 4 aliphatic rings. The quantitative estimate of drug-likeness (QED) is 0.374. The Kier molecular flexibility index (Phi) is 6.86. The Bertz CT molecular complexity index is 766. The summed E-state index contributed by atoms with van der Waals surface area (Å²) >= 11 is 0. The van der Waals surface area contributed by atoms with Crippen LogP contribution in [0.5, 0.6) is 0 Å². The molecule has 3 saturated carbocycles. The molecule has 3 fully saturated rings. The molecule has 0 unspecified atom stereocenters. The maximum Gasteiger partial charge on any atom is 0.303 e. The van der Waals surface area contributed by atoms with Crippen LogP contribution in [0.4, 0.5) is 0 Å². The average Bonchev–Trinajstić information content (AvgIpc) is 3.06. The van der Waals surface area contributed by atoms with Crippen LogP contribution in [-0.4, -0.2) is 34.0 Å². The van der Waals surface area contributed by atoms with Crippen LogP contribution in [0.1, 0.15) is 106 Å². The molecule has 0 aliphatic heterocycles. The fourth-order valence-electron chi connectivity index (χ4n) is 9.08. The third-order valence-electron chi connectivity index (χ3n) is 10.7. The second kappa shape index (κ2) is 8.97. The second-order valence-electron chi connectivity index (χ2n) is 13.2. The van der Waals surface area contributed by atoms with Gasteiger partial charge in [0, 0.05) is 6.92 Å². The van der Waals surface area contributed by atoms with E-state index in [0.29, 0.717) is 23.2 Å². The lowest BCUT2D eigenvalue weighted by molar-refractivity contribution is -0.156. The van der Waals surface area contributed by atoms with E-state index in [1.54, 1.807) is 0 Å². The number of fused-ring (bicyclic) bond motifs is 5. The maximum absolute atomic E-state index is 11.5. The molecule has 0 aromatic carbocycles. The summed E-state index contributed by atoms with van der Waals surface area (Å²) in [5, 5.41) is 21.2. The predicted molar refractivity (Wildman–Crippen MR) is 131 cm³/mol. The number of aliphatic hydroxyl groups is 2. The SMILES string of the molecule is CC(=O)O[C@H]1CC[C@@]2(C)C(=CC[C@H]3[C@@H]4CC[C@H]([C@H](C)CCCC(C)(C)O)[C@@]4(C)CC[C@@H]32)[C@H]1O. The minimum atomic E-state index is -0.644. The summed E-state index contributed by atoms with van der Waals surface area (Å²) < 4.78 is 5.47. The van der Waals surface area contributed by atoms with E-state index in [1.807, 2.05) is 13.8 Å². The molecule has 4 aliphatic carbocycles. The molecule has 0 aromatic rings. The lowest BCUT2D eigenvalue weighted by Crippen LogP contribution is -2.54. The Morgan fingerprint density at radius 2 is 1.91 bits per heavy atom. The standard InChI is InChI=1S/C29H48O4/c1-18(8-7-15-27(3,4)32)21-11-12-22-20-9-10-24-26(31)25(33-19(2)30)14-17-29(24,6)23(20)13-16-28(21,22)5/h10,18,20-23,25-26,31-32H,7-9,11-17H2,1-6H3/t18-,20+,21-,22+,23+,25+,26-,28-,29-/m1/s1. The summed E-state index contributed by atoms with van der Waals surface area (Å²) in [5.41, 5.74) is 1.06. The second-order valence-corrected chi connectivity index (χ2v) is 13.2. The first-order valence-electron chi connectivity index (χ1n) is 13.6. The molecule has 0 aromatic heterocycles. The van der Waals surface area contributed by atoms with Crippen LogP contribution >= 0.6 is 0 Å². The van der Waals surface area contributed by atoms with Crippen molar-refractivity contribution in [3.8, 4) is 0 Å². The Balaban J connectivity index is 1.48.